The van der Waals surface area contributed by atoms with Gasteiger partial charge in [-0.25, -0.2) is 4.79 Å². The molecule has 0 saturated carbocycles. The molecule has 0 aliphatic carbocycles. The van der Waals surface area contributed by atoms with Crippen molar-refractivity contribution in [2.45, 2.75) is 19.5 Å². The molecule has 11 nitrogen and oxygen atoms in total. The number of hydrogen-bond donors (Lipinski definition) is 4. The van der Waals surface area contributed by atoms with Crippen LogP contribution in [0.5, 0.6) is 0 Å². The molecular formula is C30H30N4O7S. The maximum atomic E-state index is 12.8. The second-order valence-corrected chi connectivity index (χ2v) is 11.3. The number of aliphatic carboxylic acids is 1. The number of piperazine rings is 1. The molecule has 1 aliphatic heterocycles. The van der Waals surface area contributed by atoms with E-state index in [4.69, 9.17) is 5.11 Å². The van der Waals surface area contributed by atoms with Gasteiger partial charge in [-0.2, -0.15) is 17.4 Å². The normalized spacial score (nSPS) is 14.4. The summed E-state index contributed by atoms with van der Waals surface area (Å²) < 4.78 is 28.3. The number of nitrogens with zero attached hydrogens (tertiary/aromatic N) is 2. The van der Waals surface area contributed by atoms with Crippen molar-refractivity contribution in [3.63, 3.8) is 0 Å². The van der Waals surface area contributed by atoms with E-state index in [0.717, 1.165) is 11.3 Å². The zero-order valence-electron chi connectivity index (χ0n) is 22.8. The van der Waals surface area contributed by atoms with Crippen LogP contribution in [0.15, 0.2) is 72.8 Å². The molecule has 3 aromatic carbocycles. The molecule has 0 spiro atoms. The van der Waals surface area contributed by atoms with Crippen LogP contribution in [0.4, 0.5) is 5.69 Å². The minimum Gasteiger partial charge on any atom is -0.480 e. The van der Waals surface area contributed by atoms with Gasteiger partial charge in [0.15, 0.2) is 0 Å². The first-order valence-electron chi connectivity index (χ1n) is 13.1. The van der Waals surface area contributed by atoms with Gasteiger partial charge in [0.2, 0.25) is 0 Å². The first-order valence-corrected chi connectivity index (χ1v) is 14.5. The van der Waals surface area contributed by atoms with Crippen molar-refractivity contribution in [1.29, 1.82) is 0 Å². The summed E-state index contributed by atoms with van der Waals surface area (Å²) in [5.41, 5.74) is 2.86. The molecule has 1 saturated heterocycles. The summed E-state index contributed by atoms with van der Waals surface area (Å²) in [6, 6.07) is 19.8. The quantitative estimate of drug-likeness (QED) is 0.276. The minimum absolute atomic E-state index is 0.0225. The van der Waals surface area contributed by atoms with Gasteiger partial charge in [-0.05, 0) is 55.0 Å². The first kappa shape index (κ1) is 30.3. The van der Waals surface area contributed by atoms with Crippen LogP contribution < -0.4 is 14.9 Å². The van der Waals surface area contributed by atoms with Crippen LogP contribution in [0.3, 0.4) is 0 Å². The van der Waals surface area contributed by atoms with Gasteiger partial charge in [-0.3, -0.25) is 9.59 Å². The highest BCUT2D eigenvalue weighted by molar-refractivity contribution is 7.87. The van der Waals surface area contributed by atoms with Gasteiger partial charge >= 0.3 is 11.9 Å². The average Bonchev–Trinajstić information content (AvgIpc) is 2.99. The van der Waals surface area contributed by atoms with Gasteiger partial charge < -0.3 is 20.4 Å². The highest BCUT2D eigenvalue weighted by Gasteiger charge is 2.29. The molecule has 1 heterocycles. The van der Waals surface area contributed by atoms with Crippen molar-refractivity contribution in [2.24, 2.45) is 0 Å². The number of amides is 1. The average molecular weight is 591 g/mol. The fourth-order valence-corrected chi connectivity index (χ4v) is 5.65. The van der Waals surface area contributed by atoms with E-state index in [-0.39, 0.29) is 30.8 Å². The zero-order valence-corrected chi connectivity index (χ0v) is 23.6. The molecule has 1 unspecified atom stereocenters. The van der Waals surface area contributed by atoms with Gasteiger partial charge in [0.05, 0.1) is 11.1 Å². The molecule has 4 rings (SSSR count). The van der Waals surface area contributed by atoms with Gasteiger partial charge in [-0.1, -0.05) is 42.2 Å². The van der Waals surface area contributed by atoms with Crippen LogP contribution in [0, 0.1) is 11.8 Å². The molecule has 1 atom stereocenters. The Morgan fingerprint density at radius 3 is 2.10 bits per heavy atom. The number of carbonyl (C=O) groups is 3. The van der Waals surface area contributed by atoms with Gasteiger partial charge in [0.1, 0.15) is 6.04 Å². The number of carboxylic acids is 2. The third-order valence-electron chi connectivity index (χ3n) is 6.65. The predicted molar refractivity (Wildman–Crippen MR) is 156 cm³/mol. The molecule has 0 radical (unpaired) electrons. The number of nitrogens with one attached hydrogen (secondary N) is 2. The number of aromatic carboxylic acids is 1. The monoisotopic (exact) mass is 590 g/mol. The maximum Gasteiger partial charge on any atom is 0.336 e. The van der Waals surface area contributed by atoms with E-state index in [1.54, 1.807) is 6.07 Å². The Morgan fingerprint density at radius 1 is 0.857 bits per heavy atom. The summed E-state index contributed by atoms with van der Waals surface area (Å²) in [5, 5.41) is 21.3. The summed E-state index contributed by atoms with van der Waals surface area (Å²) in [5.74, 6) is 3.04. The molecule has 0 aromatic heterocycles. The van der Waals surface area contributed by atoms with Gasteiger partial charge in [-0.15, -0.1) is 0 Å². The van der Waals surface area contributed by atoms with Crippen LogP contribution in [0.2, 0.25) is 0 Å². The molecule has 1 amide bonds. The molecule has 42 heavy (non-hydrogen) atoms. The molecule has 1 fully saturated rings. The highest BCUT2D eigenvalue weighted by Crippen LogP contribution is 2.19. The summed E-state index contributed by atoms with van der Waals surface area (Å²) in [7, 11) is -3.91. The second kappa shape index (κ2) is 13.3. The number of carbonyl (C=O) groups excluding carboxylic acids is 1. The number of carboxylic acid groups (broad SMARTS) is 2. The number of anilines is 1. The van der Waals surface area contributed by atoms with E-state index in [9.17, 15) is 27.9 Å². The Morgan fingerprint density at radius 2 is 1.48 bits per heavy atom. The molecule has 12 heteroatoms. The fraction of sp³-hybridized carbons (Fsp3) is 0.233. The van der Waals surface area contributed by atoms with E-state index < -0.39 is 34.1 Å². The Bertz CT molecular complexity index is 1620. The lowest BCUT2D eigenvalue weighted by Gasteiger charge is -2.35. The van der Waals surface area contributed by atoms with Crippen LogP contribution in [-0.2, 0) is 21.5 Å². The first-order chi connectivity index (χ1) is 20.0. The van der Waals surface area contributed by atoms with Crippen molar-refractivity contribution in [1.82, 2.24) is 14.3 Å². The molecule has 218 valence electrons. The van der Waals surface area contributed by atoms with Crippen LogP contribution in [-0.4, -0.2) is 73.0 Å². The molecule has 1 aliphatic rings. The summed E-state index contributed by atoms with van der Waals surface area (Å²) in [6.45, 7) is 2.80. The second-order valence-electron chi connectivity index (χ2n) is 9.60. The largest absolute Gasteiger partial charge is 0.480 e. The summed E-state index contributed by atoms with van der Waals surface area (Å²) in [6.07, 6.45) is 0. The SMILES string of the molecule is CC(NS(=O)(=O)N1CCN(c2ccc(C#Cc3ccc(C(=O)O)c(C(=O)NCc4ccccc4)c3)cc2)CC1)C(=O)O. The predicted octanol–water partition coefficient (Wildman–Crippen LogP) is 2.14. The Labute approximate surface area is 244 Å². The van der Waals surface area contributed by atoms with Gasteiger partial charge in [0.25, 0.3) is 16.1 Å². The fourth-order valence-electron chi connectivity index (χ4n) is 4.30. The highest BCUT2D eigenvalue weighted by atomic mass is 32.2. The standard InChI is InChI=1S/C30H30N4O7S/c1-21(29(36)37)32-42(40,41)34-17-15-33(16-18-34)25-12-9-22(10-13-25)7-8-23-11-14-26(30(38)39)27(19-23)28(35)31-20-24-5-3-2-4-6-24/h2-6,9-14,19,21,32H,15-18,20H2,1H3,(H,31,35)(H,36,37)(H,38,39). The smallest absolute Gasteiger partial charge is 0.336 e. The molecule has 0 bridgehead atoms. The lowest BCUT2D eigenvalue weighted by molar-refractivity contribution is -0.138. The maximum absolute atomic E-state index is 12.8. The third kappa shape index (κ3) is 7.73. The topological polar surface area (TPSA) is 156 Å². The van der Waals surface area contributed by atoms with E-state index in [0.29, 0.717) is 24.2 Å². The van der Waals surface area contributed by atoms with Crippen molar-refractivity contribution >= 4 is 33.7 Å². The van der Waals surface area contributed by atoms with Crippen LogP contribution in [0.1, 0.15) is 44.3 Å². The van der Waals surface area contributed by atoms with E-state index >= 15 is 0 Å². The van der Waals surface area contributed by atoms with Crippen molar-refractivity contribution in [3.05, 3.63) is 101 Å². The minimum atomic E-state index is -3.91. The van der Waals surface area contributed by atoms with Gasteiger partial charge in [0, 0.05) is 49.5 Å². The Kier molecular flexibility index (Phi) is 9.59. The lowest BCUT2D eigenvalue weighted by atomic mass is 10.0. The number of hydrogen-bond acceptors (Lipinski definition) is 6. The third-order valence-corrected chi connectivity index (χ3v) is 8.35. The summed E-state index contributed by atoms with van der Waals surface area (Å²) >= 11 is 0. The Hall–Kier alpha value is -4.70. The van der Waals surface area contributed by atoms with Crippen LogP contribution >= 0.6 is 0 Å². The van der Waals surface area contributed by atoms with Crippen molar-refractivity contribution in [3.8, 4) is 11.8 Å². The van der Waals surface area contributed by atoms with E-state index in [1.165, 1.54) is 23.4 Å². The van der Waals surface area contributed by atoms with E-state index in [1.807, 2.05) is 59.5 Å². The summed E-state index contributed by atoms with van der Waals surface area (Å²) in [4.78, 5) is 37.5. The lowest BCUT2D eigenvalue weighted by Crippen LogP contribution is -2.54. The molecular weight excluding hydrogens is 560 g/mol. The zero-order chi connectivity index (χ0) is 30.3. The van der Waals surface area contributed by atoms with Crippen molar-refractivity contribution in [2.75, 3.05) is 31.1 Å². The number of benzene rings is 3. The molecule has 3 aromatic rings. The van der Waals surface area contributed by atoms with Crippen molar-refractivity contribution < 1.29 is 33.0 Å². The molecule has 4 N–H and O–H groups in total. The Balaban J connectivity index is 1.40. The number of rotatable bonds is 9. The van der Waals surface area contributed by atoms with Crippen LogP contribution in [0.25, 0.3) is 0 Å². The van der Waals surface area contributed by atoms with E-state index in [2.05, 4.69) is 21.9 Å².